The summed E-state index contributed by atoms with van der Waals surface area (Å²) in [7, 11) is 0. The molecule has 5 nitrogen and oxygen atoms in total. The first-order valence-electron chi connectivity index (χ1n) is 7.67. The Bertz CT molecular complexity index is 718. The monoisotopic (exact) mass is 333 g/mol. The number of amides is 1. The summed E-state index contributed by atoms with van der Waals surface area (Å²) < 4.78 is 11.2. The molecular weight excluding hydrogens is 318 g/mol. The number of fused-ring (bicyclic) bond motifs is 1. The van der Waals surface area contributed by atoms with E-state index in [1.54, 1.807) is 24.0 Å². The van der Waals surface area contributed by atoms with Crippen molar-refractivity contribution >= 4 is 29.2 Å². The Morgan fingerprint density at radius 2 is 2.26 bits per heavy atom. The van der Waals surface area contributed by atoms with E-state index in [4.69, 9.17) is 21.1 Å². The molecule has 3 heterocycles. The molecule has 2 fully saturated rings. The van der Waals surface area contributed by atoms with Crippen LogP contribution in [0.15, 0.2) is 36.4 Å². The highest BCUT2D eigenvalue weighted by Crippen LogP contribution is 2.53. The smallest absolute Gasteiger partial charge is 0.312 e. The Labute approximate surface area is 138 Å². The molecule has 3 aliphatic rings. The number of para-hydroxylation sites is 1. The van der Waals surface area contributed by atoms with E-state index in [2.05, 4.69) is 0 Å². The lowest BCUT2D eigenvalue weighted by Crippen LogP contribution is -2.40. The number of hydrogen-bond donors (Lipinski definition) is 0. The van der Waals surface area contributed by atoms with Crippen LogP contribution < -0.4 is 4.90 Å². The molecule has 1 aromatic rings. The topological polar surface area (TPSA) is 55.8 Å². The number of carbonyl (C=O) groups is 2. The van der Waals surface area contributed by atoms with Crippen LogP contribution in [0, 0.1) is 11.8 Å². The molecule has 1 aromatic carbocycles. The zero-order valence-corrected chi connectivity index (χ0v) is 13.3. The summed E-state index contributed by atoms with van der Waals surface area (Å²) >= 11 is 6.23. The maximum atomic E-state index is 13.0. The van der Waals surface area contributed by atoms with Gasteiger partial charge in [-0.25, -0.2) is 0 Å². The average Bonchev–Trinajstić information content (AvgIpc) is 3.16. The van der Waals surface area contributed by atoms with Gasteiger partial charge in [-0.2, -0.15) is 0 Å². The summed E-state index contributed by atoms with van der Waals surface area (Å²) in [5.74, 6) is -1.64. The highest BCUT2D eigenvalue weighted by Gasteiger charge is 2.67. The third-order valence-corrected chi connectivity index (χ3v) is 5.12. The summed E-state index contributed by atoms with van der Waals surface area (Å²) in [6, 6.07) is 7.19. The minimum absolute atomic E-state index is 0.136. The van der Waals surface area contributed by atoms with Crippen LogP contribution in [-0.4, -0.2) is 36.7 Å². The predicted octanol–water partition coefficient (Wildman–Crippen LogP) is 2.19. The van der Waals surface area contributed by atoms with Gasteiger partial charge >= 0.3 is 5.97 Å². The van der Waals surface area contributed by atoms with Crippen molar-refractivity contribution in [2.24, 2.45) is 11.8 Å². The molecular formula is C17H16ClNO4. The fourth-order valence-corrected chi connectivity index (χ4v) is 4.12. The summed E-state index contributed by atoms with van der Waals surface area (Å²) in [4.78, 5) is 26.9. The second-order valence-electron chi connectivity index (χ2n) is 6.03. The van der Waals surface area contributed by atoms with E-state index in [9.17, 15) is 9.59 Å². The lowest BCUT2D eigenvalue weighted by molar-refractivity contribution is -0.151. The Morgan fingerprint density at radius 1 is 1.48 bits per heavy atom. The molecule has 6 heteroatoms. The van der Waals surface area contributed by atoms with Crippen LogP contribution in [0.25, 0.3) is 0 Å². The van der Waals surface area contributed by atoms with Gasteiger partial charge in [0.2, 0.25) is 5.91 Å². The third kappa shape index (κ3) is 1.96. The normalized spacial score (nSPS) is 34.1. The molecule has 120 valence electrons. The molecule has 1 spiro atoms. The highest BCUT2D eigenvalue weighted by molar-refractivity contribution is 6.34. The second kappa shape index (κ2) is 5.08. The van der Waals surface area contributed by atoms with Crippen LogP contribution in [0.2, 0.25) is 5.02 Å². The van der Waals surface area contributed by atoms with Crippen molar-refractivity contribution in [2.75, 3.05) is 18.1 Å². The van der Waals surface area contributed by atoms with Gasteiger partial charge in [0, 0.05) is 0 Å². The first-order chi connectivity index (χ1) is 11.1. The van der Waals surface area contributed by atoms with Crippen molar-refractivity contribution in [1.82, 2.24) is 0 Å². The summed E-state index contributed by atoms with van der Waals surface area (Å²) in [6.45, 7) is 2.40. The molecule has 0 N–H and O–H groups in total. The van der Waals surface area contributed by atoms with Gasteiger partial charge in [0.05, 0.1) is 35.9 Å². The molecule has 4 atom stereocenters. The van der Waals surface area contributed by atoms with E-state index in [0.29, 0.717) is 17.3 Å². The molecule has 0 unspecified atom stereocenters. The zero-order chi connectivity index (χ0) is 16.2. The summed E-state index contributed by atoms with van der Waals surface area (Å²) in [5, 5.41) is 0.503. The van der Waals surface area contributed by atoms with Crippen LogP contribution in [0.3, 0.4) is 0 Å². The van der Waals surface area contributed by atoms with Crippen molar-refractivity contribution in [2.45, 2.75) is 18.6 Å². The van der Waals surface area contributed by atoms with Gasteiger partial charge in [-0.05, 0) is 19.1 Å². The number of ether oxygens (including phenoxy) is 2. The van der Waals surface area contributed by atoms with Crippen LogP contribution in [0.1, 0.15) is 6.92 Å². The van der Waals surface area contributed by atoms with Crippen LogP contribution in [0.5, 0.6) is 0 Å². The van der Waals surface area contributed by atoms with Gasteiger partial charge in [-0.1, -0.05) is 35.9 Å². The average molecular weight is 334 g/mol. The van der Waals surface area contributed by atoms with E-state index in [1.807, 2.05) is 24.3 Å². The predicted molar refractivity (Wildman–Crippen MR) is 84.2 cm³/mol. The largest absolute Gasteiger partial charge is 0.466 e. The number of anilines is 1. The van der Waals surface area contributed by atoms with Gasteiger partial charge in [0.25, 0.3) is 0 Å². The standard InChI is InChI=1S/C17H16ClNO4/c1-2-22-16(21)13-12-7-8-17(23-12)9-19(15(20)14(13)17)11-6-4-3-5-10(11)18/h3-8,12-14H,2,9H2,1H3/t12-,13+,14+,17+/m1/s1. The molecule has 0 aromatic heterocycles. The first kappa shape index (κ1) is 14.7. The zero-order valence-electron chi connectivity index (χ0n) is 12.6. The van der Waals surface area contributed by atoms with E-state index in [1.165, 1.54) is 0 Å². The molecule has 3 aliphatic heterocycles. The number of carbonyl (C=O) groups excluding carboxylic acids is 2. The first-order valence-corrected chi connectivity index (χ1v) is 8.05. The minimum atomic E-state index is -0.752. The van der Waals surface area contributed by atoms with Crippen molar-refractivity contribution in [1.29, 1.82) is 0 Å². The van der Waals surface area contributed by atoms with E-state index in [-0.39, 0.29) is 24.6 Å². The fraction of sp³-hybridized carbons (Fsp3) is 0.412. The molecule has 4 rings (SSSR count). The number of nitrogens with zero attached hydrogens (tertiary/aromatic N) is 1. The van der Waals surface area contributed by atoms with E-state index in [0.717, 1.165) is 0 Å². The quantitative estimate of drug-likeness (QED) is 0.628. The Hall–Kier alpha value is -1.85. The molecule has 0 aliphatic carbocycles. The highest BCUT2D eigenvalue weighted by atomic mass is 35.5. The number of benzene rings is 1. The number of rotatable bonds is 3. The fourth-order valence-electron chi connectivity index (χ4n) is 3.88. The molecule has 2 saturated heterocycles. The van der Waals surface area contributed by atoms with Crippen LogP contribution in [0.4, 0.5) is 5.69 Å². The van der Waals surface area contributed by atoms with E-state index < -0.39 is 17.4 Å². The minimum Gasteiger partial charge on any atom is -0.466 e. The Kier molecular flexibility index (Phi) is 3.25. The maximum absolute atomic E-state index is 13.0. The molecule has 1 amide bonds. The van der Waals surface area contributed by atoms with Crippen LogP contribution in [-0.2, 0) is 19.1 Å². The Morgan fingerprint density at radius 3 is 3.00 bits per heavy atom. The van der Waals surface area contributed by atoms with Crippen molar-refractivity contribution < 1.29 is 19.1 Å². The van der Waals surface area contributed by atoms with Crippen molar-refractivity contribution in [3.63, 3.8) is 0 Å². The molecule has 0 saturated carbocycles. The van der Waals surface area contributed by atoms with Crippen molar-refractivity contribution in [3.05, 3.63) is 41.4 Å². The number of esters is 1. The van der Waals surface area contributed by atoms with Crippen LogP contribution >= 0.6 is 11.6 Å². The number of hydrogen-bond acceptors (Lipinski definition) is 4. The molecule has 23 heavy (non-hydrogen) atoms. The summed E-state index contributed by atoms with van der Waals surface area (Å²) in [6.07, 6.45) is 3.39. The molecule has 2 bridgehead atoms. The van der Waals surface area contributed by atoms with Crippen molar-refractivity contribution in [3.8, 4) is 0 Å². The summed E-state index contributed by atoms with van der Waals surface area (Å²) in [5.41, 5.74) is -0.107. The second-order valence-corrected chi connectivity index (χ2v) is 6.44. The third-order valence-electron chi connectivity index (χ3n) is 4.80. The van der Waals surface area contributed by atoms with Gasteiger partial charge < -0.3 is 14.4 Å². The number of halogens is 1. The lowest BCUT2D eigenvalue weighted by Gasteiger charge is -2.22. The van der Waals surface area contributed by atoms with Gasteiger partial charge in [-0.15, -0.1) is 0 Å². The van der Waals surface area contributed by atoms with Gasteiger partial charge in [0.15, 0.2) is 0 Å². The maximum Gasteiger partial charge on any atom is 0.312 e. The Balaban J connectivity index is 1.71. The van der Waals surface area contributed by atoms with E-state index >= 15 is 0 Å². The SMILES string of the molecule is CCOC(=O)[C@@H]1[C@H]2C(=O)N(c3ccccc3Cl)C[C@@]23C=C[C@H]1O3. The van der Waals surface area contributed by atoms with Gasteiger partial charge in [-0.3, -0.25) is 9.59 Å². The lowest BCUT2D eigenvalue weighted by atomic mass is 9.77. The molecule has 0 radical (unpaired) electrons. The van der Waals surface area contributed by atoms with Gasteiger partial charge in [0.1, 0.15) is 11.5 Å².